The van der Waals surface area contributed by atoms with E-state index in [9.17, 15) is 4.79 Å². The van der Waals surface area contributed by atoms with Gasteiger partial charge in [0.15, 0.2) is 6.10 Å². The van der Waals surface area contributed by atoms with Crippen molar-refractivity contribution in [3.63, 3.8) is 0 Å². The Morgan fingerprint density at radius 2 is 2.09 bits per heavy atom. The number of hydrogen-bond acceptors (Lipinski definition) is 3. The zero-order chi connectivity index (χ0) is 16.2. The molecule has 3 rings (SSSR count). The molecule has 1 heterocycles. The van der Waals surface area contributed by atoms with Gasteiger partial charge in [-0.25, -0.2) is 0 Å². The van der Waals surface area contributed by atoms with Crippen LogP contribution in [0.1, 0.15) is 30.5 Å². The lowest BCUT2D eigenvalue weighted by molar-refractivity contribution is -0.128. The normalized spacial score (nSPS) is 17.9. The van der Waals surface area contributed by atoms with Gasteiger partial charge in [0.05, 0.1) is 6.04 Å². The summed E-state index contributed by atoms with van der Waals surface area (Å²) in [5.41, 5.74) is 2.33. The van der Waals surface area contributed by atoms with Crippen LogP contribution in [0.4, 0.5) is 0 Å². The van der Waals surface area contributed by atoms with Crippen molar-refractivity contribution in [2.45, 2.75) is 37.3 Å². The van der Waals surface area contributed by atoms with E-state index in [0.29, 0.717) is 0 Å². The summed E-state index contributed by atoms with van der Waals surface area (Å²) in [4.78, 5) is 13.7. The Morgan fingerprint density at radius 1 is 1.26 bits per heavy atom. The van der Waals surface area contributed by atoms with E-state index >= 15 is 0 Å². The monoisotopic (exact) mass is 327 g/mol. The van der Waals surface area contributed by atoms with Gasteiger partial charge in [0.25, 0.3) is 5.91 Å². The SMILES string of the molecule is Cc1cccc(OC(C)C(=O)NC2CCSc3ccccc32)c1. The lowest BCUT2D eigenvalue weighted by Gasteiger charge is -2.27. The minimum atomic E-state index is -0.515. The van der Waals surface area contributed by atoms with E-state index in [0.717, 1.165) is 23.5 Å². The lowest BCUT2D eigenvalue weighted by Crippen LogP contribution is -2.39. The molecule has 2 atom stereocenters. The van der Waals surface area contributed by atoms with E-state index in [1.807, 2.05) is 55.1 Å². The largest absolute Gasteiger partial charge is 0.481 e. The Kier molecular flexibility index (Phi) is 4.91. The van der Waals surface area contributed by atoms with Gasteiger partial charge in [-0.15, -0.1) is 11.8 Å². The predicted molar refractivity (Wildman–Crippen MR) is 93.9 cm³/mol. The molecule has 23 heavy (non-hydrogen) atoms. The van der Waals surface area contributed by atoms with Gasteiger partial charge in [-0.2, -0.15) is 0 Å². The molecule has 4 heteroatoms. The van der Waals surface area contributed by atoms with Crippen molar-refractivity contribution in [1.29, 1.82) is 0 Å². The van der Waals surface area contributed by atoms with Crippen LogP contribution < -0.4 is 10.1 Å². The summed E-state index contributed by atoms with van der Waals surface area (Å²) in [7, 11) is 0. The molecule has 0 saturated heterocycles. The van der Waals surface area contributed by atoms with Crippen LogP contribution >= 0.6 is 11.8 Å². The van der Waals surface area contributed by atoms with Crippen LogP contribution in [0.3, 0.4) is 0 Å². The first-order valence-electron chi connectivity index (χ1n) is 7.89. The molecule has 2 aromatic carbocycles. The molecule has 120 valence electrons. The van der Waals surface area contributed by atoms with Crippen LogP contribution in [-0.2, 0) is 4.79 Å². The predicted octanol–water partition coefficient (Wildman–Crippen LogP) is 4.12. The first-order valence-corrected chi connectivity index (χ1v) is 8.87. The highest BCUT2D eigenvalue weighted by molar-refractivity contribution is 7.99. The quantitative estimate of drug-likeness (QED) is 0.918. The topological polar surface area (TPSA) is 38.3 Å². The number of ether oxygens (including phenoxy) is 1. The summed E-state index contributed by atoms with van der Waals surface area (Å²) in [5.74, 6) is 1.68. The second-order valence-corrected chi connectivity index (χ2v) is 6.95. The molecule has 0 aromatic heterocycles. The lowest BCUT2D eigenvalue weighted by atomic mass is 10.0. The molecular weight excluding hydrogens is 306 g/mol. The maximum atomic E-state index is 12.5. The van der Waals surface area contributed by atoms with Crippen molar-refractivity contribution in [3.05, 3.63) is 59.7 Å². The number of nitrogens with one attached hydrogen (secondary N) is 1. The third kappa shape index (κ3) is 3.88. The molecular formula is C19H21NO2S. The first kappa shape index (κ1) is 15.9. The number of carbonyl (C=O) groups excluding carboxylic acids is 1. The number of hydrogen-bond donors (Lipinski definition) is 1. The fraction of sp³-hybridized carbons (Fsp3) is 0.316. The summed E-state index contributed by atoms with van der Waals surface area (Å²) >= 11 is 1.85. The zero-order valence-corrected chi connectivity index (χ0v) is 14.2. The van der Waals surface area contributed by atoms with Crippen LogP contribution in [0.25, 0.3) is 0 Å². The number of fused-ring (bicyclic) bond motifs is 1. The number of rotatable bonds is 4. The number of thioether (sulfide) groups is 1. The van der Waals surface area contributed by atoms with E-state index < -0.39 is 6.10 Å². The molecule has 1 aliphatic heterocycles. The van der Waals surface area contributed by atoms with E-state index in [-0.39, 0.29) is 11.9 Å². The Morgan fingerprint density at radius 3 is 2.91 bits per heavy atom. The van der Waals surface area contributed by atoms with Crippen LogP contribution in [0, 0.1) is 6.92 Å². The average molecular weight is 327 g/mol. The molecule has 0 fully saturated rings. The number of carbonyl (C=O) groups is 1. The maximum Gasteiger partial charge on any atom is 0.261 e. The molecule has 1 aliphatic rings. The number of aryl methyl sites for hydroxylation is 1. The first-order chi connectivity index (χ1) is 11.1. The molecule has 1 amide bonds. The van der Waals surface area contributed by atoms with Crippen LogP contribution in [0.5, 0.6) is 5.75 Å². The Bertz CT molecular complexity index is 701. The third-order valence-corrected chi connectivity index (χ3v) is 5.07. The number of benzene rings is 2. The fourth-order valence-electron chi connectivity index (χ4n) is 2.73. The van der Waals surface area contributed by atoms with Gasteiger partial charge in [0.1, 0.15) is 5.75 Å². The molecule has 1 N–H and O–H groups in total. The number of amides is 1. The molecule has 0 aliphatic carbocycles. The summed E-state index contributed by atoms with van der Waals surface area (Å²) in [6.07, 6.45) is 0.434. The average Bonchev–Trinajstić information content (AvgIpc) is 2.55. The summed E-state index contributed by atoms with van der Waals surface area (Å²) in [5, 5.41) is 3.13. The van der Waals surface area contributed by atoms with Crippen molar-refractivity contribution in [3.8, 4) is 5.75 Å². The second kappa shape index (κ2) is 7.09. The highest BCUT2D eigenvalue weighted by atomic mass is 32.2. The Hall–Kier alpha value is -1.94. The zero-order valence-electron chi connectivity index (χ0n) is 13.4. The summed E-state index contributed by atoms with van der Waals surface area (Å²) in [6.45, 7) is 3.80. The molecule has 0 bridgehead atoms. The third-order valence-electron chi connectivity index (χ3n) is 3.95. The molecule has 0 radical (unpaired) electrons. The van der Waals surface area contributed by atoms with Crippen LogP contribution in [-0.4, -0.2) is 17.8 Å². The maximum absolute atomic E-state index is 12.5. The Balaban J connectivity index is 1.65. The van der Waals surface area contributed by atoms with Crippen LogP contribution in [0.15, 0.2) is 53.4 Å². The second-order valence-electron chi connectivity index (χ2n) is 5.81. The minimum absolute atomic E-state index is 0.0711. The van der Waals surface area contributed by atoms with Crippen LogP contribution in [0.2, 0.25) is 0 Å². The van der Waals surface area contributed by atoms with Gasteiger partial charge in [-0.3, -0.25) is 4.79 Å². The van der Waals surface area contributed by atoms with E-state index in [1.54, 1.807) is 6.92 Å². The van der Waals surface area contributed by atoms with Crippen molar-refractivity contribution < 1.29 is 9.53 Å². The molecule has 2 unspecified atom stereocenters. The standard InChI is InChI=1S/C19H21NO2S/c1-13-6-5-7-15(12-13)22-14(2)19(21)20-17-10-11-23-18-9-4-3-8-16(17)18/h3-9,12,14,17H,10-11H2,1-2H3,(H,20,21). The fourth-order valence-corrected chi connectivity index (χ4v) is 3.85. The molecule has 0 spiro atoms. The highest BCUT2D eigenvalue weighted by Crippen LogP contribution is 2.35. The van der Waals surface area contributed by atoms with Gasteiger partial charge < -0.3 is 10.1 Å². The van der Waals surface area contributed by atoms with Gasteiger partial charge in [0.2, 0.25) is 0 Å². The van der Waals surface area contributed by atoms with Crippen molar-refractivity contribution in [2.75, 3.05) is 5.75 Å². The smallest absolute Gasteiger partial charge is 0.261 e. The van der Waals surface area contributed by atoms with E-state index in [4.69, 9.17) is 4.74 Å². The van der Waals surface area contributed by atoms with E-state index in [1.165, 1.54) is 10.5 Å². The van der Waals surface area contributed by atoms with Crippen molar-refractivity contribution in [1.82, 2.24) is 5.32 Å². The van der Waals surface area contributed by atoms with Gasteiger partial charge in [-0.05, 0) is 49.6 Å². The summed E-state index contributed by atoms with van der Waals surface area (Å²) in [6, 6.07) is 16.1. The van der Waals surface area contributed by atoms with Crippen molar-refractivity contribution in [2.24, 2.45) is 0 Å². The van der Waals surface area contributed by atoms with Gasteiger partial charge in [-0.1, -0.05) is 30.3 Å². The van der Waals surface area contributed by atoms with Gasteiger partial charge in [0, 0.05) is 10.6 Å². The minimum Gasteiger partial charge on any atom is -0.481 e. The Labute approximate surface area is 141 Å². The molecule has 3 nitrogen and oxygen atoms in total. The summed E-state index contributed by atoms with van der Waals surface area (Å²) < 4.78 is 5.77. The van der Waals surface area contributed by atoms with Crippen molar-refractivity contribution >= 4 is 17.7 Å². The molecule has 0 saturated carbocycles. The molecule has 2 aromatic rings. The highest BCUT2D eigenvalue weighted by Gasteiger charge is 2.24. The van der Waals surface area contributed by atoms with E-state index in [2.05, 4.69) is 17.4 Å². The van der Waals surface area contributed by atoms with Gasteiger partial charge >= 0.3 is 0 Å².